The first-order valence-corrected chi connectivity index (χ1v) is 9.30. The van der Waals surface area contributed by atoms with Gasteiger partial charge in [0.15, 0.2) is 5.96 Å². The molecular formula is C15H26N6O2S. The summed E-state index contributed by atoms with van der Waals surface area (Å²) in [5.74, 6) is 1.86. The molecule has 0 bridgehead atoms. The number of aromatic nitrogens is 2. The Kier molecular flexibility index (Phi) is 6.22. The standard InChI is InChI=1S/C15H26N6O2S/c1-3-13-18-15(24-19-13)21-6-4-20(5-7-21)14(16-2)17-10-12-11-22-8-9-23-12/h12H,3-11H2,1-2H3,(H,16,17). The van der Waals surface area contributed by atoms with Crippen LogP contribution in [0.4, 0.5) is 5.13 Å². The summed E-state index contributed by atoms with van der Waals surface area (Å²) in [6.07, 6.45) is 0.991. The van der Waals surface area contributed by atoms with E-state index >= 15 is 0 Å². The van der Waals surface area contributed by atoms with Crippen molar-refractivity contribution in [3.8, 4) is 0 Å². The Hall–Kier alpha value is -1.45. The molecule has 0 aliphatic carbocycles. The van der Waals surface area contributed by atoms with E-state index in [0.29, 0.717) is 19.8 Å². The number of aryl methyl sites for hydroxylation is 1. The number of nitrogens with zero attached hydrogens (tertiary/aromatic N) is 5. The topological polar surface area (TPSA) is 75.1 Å². The molecule has 3 rings (SSSR count). The highest BCUT2D eigenvalue weighted by molar-refractivity contribution is 7.09. The fourth-order valence-electron chi connectivity index (χ4n) is 2.82. The molecule has 1 aromatic rings. The zero-order valence-corrected chi connectivity index (χ0v) is 15.2. The van der Waals surface area contributed by atoms with Gasteiger partial charge in [-0.05, 0) is 0 Å². The monoisotopic (exact) mass is 354 g/mol. The van der Waals surface area contributed by atoms with Gasteiger partial charge in [-0.25, -0.2) is 4.98 Å². The van der Waals surface area contributed by atoms with Gasteiger partial charge in [-0.1, -0.05) is 6.92 Å². The summed E-state index contributed by atoms with van der Waals surface area (Å²) in [6, 6.07) is 0. The Balaban J connectivity index is 1.47. The lowest BCUT2D eigenvalue weighted by Gasteiger charge is -2.36. The Morgan fingerprint density at radius 2 is 2.17 bits per heavy atom. The SMILES string of the molecule is CCc1nsc(N2CCN(C(=NC)NCC3COCCO3)CC2)n1. The minimum atomic E-state index is 0.102. The van der Waals surface area contributed by atoms with E-state index in [-0.39, 0.29) is 6.10 Å². The third-order valence-electron chi connectivity index (χ3n) is 4.21. The van der Waals surface area contributed by atoms with Gasteiger partial charge < -0.3 is 24.6 Å². The second-order valence-corrected chi connectivity index (χ2v) is 6.55. The lowest BCUT2D eigenvalue weighted by molar-refractivity contribution is -0.0851. The lowest BCUT2D eigenvalue weighted by atomic mass is 10.3. The molecule has 2 fully saturated rings. The molecule has 3 heterocycles. The molecular weight excluding hydrogens is 328 g/mol. The van der Waals surface area contributed by atoms with E-state index in [4.69, 9.17) is 9.47 Å². The molecule has 1 unspecified atom stereocenters. The van der Waals surface area contributed by atoms with Crippen molar-refractivity contribution in [2.75, 3.05) is 64.5 Å². The molecule has 2 saturated heterocycles. The van der Waals surface area contributed by atoms with Crippen LogP contribution in [-0.2, 0) is 15.9 Å². The molecule has 1 atom stereocenters. The van der Waals surface area contributed by atoms with Crippen molar-refractivity contribution in [2.24, 2.45) is 4.99 Å². The smallest absolute Gasteiger partial charge is 0.205 e. The summed E-state index contributed by atoms with van der Waals surface area (Å²) < 4.78 is 15.5. The van der Waals surface area contributed by atoms with Gasteiger partial charge in [0.25, 0.3) is 0 Å². The summed E-state index contributed by atoms with van der Waals surface area (Å²) in [5.41, 5.74) is 0. The molecule has 2 aliphatic heterocycles. The molecule has 9 heteroatoms. The second kappa shape index (κ2) is 8.59. The van der Waals surface area contributed by atoms with E-state index in [1.54, 1.807) is 0 Å². The highest BCUT2D eigenvalue weighted by Gasteiger charge is 2.23. The average Bonchev–Trinajstić information content (AvgIpc) is 3.13. The summed E-state index contributed by atoms with van der Waals surface area (Å²) in [6.45, 7) is 8.53. The number of aliphatic imine (C=N–C) groups is 1. The number of hydrogen-bond donors (Lipinski definition) is 1. The Bertz CT molecular complexity index is 538. The van der Waals surface area contributed by atoms with Crippen molar-refractivity contribution >= 4 is 22.6 Å². The van der Waals surface area contributed by atoms with Crippen molar-refractivity contribution in [3.05, 3.63) is 5.82 Å². The molecule has 1 N–H and O–H groups in total. The van der Waals surface area contributed by atoms with Crippen LogP contribution < -0.4 is 10.2 Å². The maximum Gasteiger partial charge on any atom is 0.205 e. The lowest BCUT2D eigenvalue weighted by Crippen LogP contribution is -2.54. The van der Waals surface area contributed by atoms with Crippen molar-refractivity contribution in [3.63, 3.8) is 0 Å². The number of guanidine groups is 1. The van der Waals surface area contributed by atoms with Gasteiger partial charge in [-0.2, -0.15) is 4.37 Å². The van der Waals surface area contributed by atoms with E-state index in [9.17, 15) is 0 Å². The molecule has 24 heavy (non-hydrogen) atoms. The fraction of sp³-hybridized carbons (Fsp3) is 0.800. The summed E-state index contributed by atoms with van der Waals surface area (Å²) >= 11 is 1.50. The number of anilines is 1. The third-order valence-corrected chi connectivity index (χ3v) is 5.02. The Labute approximate surface area is 147 Å². The molecule has 0 amide bonds. The highest BCUT2D eigenvalue weighted by atomic mass is 32.1. The fourth-order valence-corrected chi connectivity index (χ4v) is 3.62. The van der Waals surface area contributed by atoms with Crippen LogP contribution in [0.1, 0.15) is 12.7 Å². The summed E-state index contributed by atoms with van der Waals surface area (Å²) in [7, 11) is 1.82. The third kappa shape index (κ3) is 4.34. The van der Waals surface area contributed by atoms with Gasteiger partial charge in [-0.15, -0.1) is 0 Å². The number of hydrogen-bond acceptors (Lipinski definition) is 7. The van der Waals surface area contributed by atoms with E-state index < -0.39 is 0 Å². The van der Waals surface area contributed by atoms with Gasteiger partial charge in [0.1, 0.15) is 5.82 Å². The van der Waals surface area contributed by atoms with Crippen LogP contribution in [0.25, 0.3) is 0 Å². The van der Waals surface area contributed by atoms with Gasteiger partial charge in [-0.3, -0.25) is 4.99 Å². The summed E-state index contributed by atoms with van der Waals surface area (Å²) in [4.78, 5) is 13.6. The van der Waals surface area contributed by atoms with Gasteiger partial charge in [0, 0.05) is 57.7 Å². The summed E-state index contributed by atoms with van der Waals surface area (Å²) in [5, 5.41) is 4.43. The molecule has 0 spiro atoms. The van der Waals surface area contributed by atoms with E-state index in [2.05, 4.69) is 36.4 Å². The predicted molar refractivity (Wildman–Crippen MR) is 95.0 cm³/mol. The van der Waals surface area contributed by atoms with Crippen molar-refractivity contribution < 1.29 is 9.47 Å². The molecule has 0 saturated carbocycles. The Morgan fingerprint density at radius 1 is 1.33 bits per heavy atom. The van der Waals surface area contributed by atoms with Crippen molar-refractivity contribution in [2.45, 2.75) is 19.4 Å². The van der Waals surface area contributed by atoms with Crippen LogP contribution in [0.3, 0.4) is 0 Å². The predicted octanol–water partition coefficient (Wildman–Crippen LogP) is 0.213. The van der Waals surface area contributed by atoms with Crippen LogP contribution in [0.5, 0.6) is 0 Å². The average molecular weight is 354 g/mol. The minimum absolute atomic E-state index is 0.102. The van der Waals surface area contributed by atoms with Crippen LogP contribution in [0, 0.1) is 0 Å². The molecule has 2 aliphatic rings. The number of nitrogens with one attached hydrogen (secondary N) is 1. The molecule has 1 aromatic heterocycles. The molecule has 0 radical (unpaired) electrons. The maximum absolute atomic E-state index is 5.66. The molecule has 0 aromatic carbocycles. The minimum Gasteiger partial charge on any atom is -0.376 e. The zero-order valence-electron chi connectivity index (χ0n) is 14.4. The van der Waals surface area contributed by atoms with Crippen LogP contribution in [0.2, 0.25) is 0 Å². The van der Waals surface area contributed by atoms with Crippen molar-refractivity contribution in [1.82, 2.24) is 19.6 Å². The van der Waals surface area contributed by atoms with Gasteiger partial charge in [0.05, 0.1) is 25.9 Å². The van der Waals surface area contributed by atoms with Crippen LogP contribution in [0.15, 0.2) is 4.99 Å². The quantitative estimate of drug-likeness (QED) is 0.612. The normalized spacial score (nSPS) is 22.8. The first-order chi connectivity index (χ1) is 11.8. The van der Waals surface area contributed by atoms with Crippen molar-refractivity contribution in [1.29, 1.82) is 0 Å². The number of ether oxygens (including phenoxy) is 2. The van der Waals surface area contributed by atoms with E-state index in [0.717, 1.165) is 56.1 Å². The van der Waals surface area contributed by atoms with Gasteiger partial charge >= 0.3 is 0 Å². The first-order valence-electron chi connectivity index (χ1n) is 8.52. The maximum atomic E-state index is 5.66. The first kappa shape index (κ1) is 17.4. The number of rotatable bonds is 4. The number of piperazine rings is 1. The second-order valence-electron chi connectivity index (χ2n) is 5.82. The largest absolute Gasteiger partial charge is 0.376 e. The van der Waals surface area contributed by atoms with Crippen LogP contribution >= 0.6 is 11.5 Å². The van der Waals surface area contributed by atoms with E-state index in [1.165, 1.54) is 11.5 Å². The Morgan fingerprint density at radius 3 is 2.79 bits per heavy atom. The highest BCUT2D eigenvalue weighted by Crippen LogP contribution is 2.19. The van der Waals surface area contributed by atoms with E-state index in [1.807, 2.05) is 7.05 Å². The van der Waals surface area contributed by atoms with Crippen LogP contribution in [-0.4, -0.2) is 85.9 Å². The molecule has 8 nitrogen and oxygen atoms in total. The zero-order chi connectivity index (χ0) is 16.8. The molecule has 134 valence electrons. The van der Waals surface area contributed by atoms with Gasteiger partial charge in [0.2, 0.25) is 5.13 Å².